The minimum absolute atomic E-state index is 0.0369. The van der Waals surface area contributed by atoms with Gasteiger partial charge in [0.2, 0.25) is 10.0 Å². The Labute approximate surface area is 190 Å². The highest BCUT2D eigenvalue weighted by Gasteiger charge is 2.27. The maximum atomic E-state index is 13.0. The number of nitro benzene ring substituents is 1. The fourth-order valence-electron chi connectivity index (χ4n) is 3.65. The number of hydrogen-bond acceptors (Lipinski definition) is 6. The maximum absolute atomic E-state index is 13.0. The molecule has 1 aromatic heterocycles. The average Bonchev–Trinajstić information content (AvgIpc) is 3.18. The number of morpholine rings is 1. The number of fused-ring (bicyclic) bond motifs is 1. The van der Waals surface area contributed by atoms with Gasteiger partial charge in [-0.25, -0.2) is 13.4 Å². The molecule has 0 unspecified atom stereocenters. The second-order valence-electron chi connectivity index (χ2n) is 7.19. The Hall–Kier alpha value is -2.79. The first-order valence-electron chi connectivity index (χ1n) is 10.0. The van der Waals surface area contributed by atoms with Crippen LogP contribution in [0, 0.1) is 10.1 Å². The van der Waals surface area contributed by atoms with Crippen molar-refractivity contribution in [3.63, 3.8) is 0 Å². The Morgan fingerprint density at radius 1 is 1.25 bits per heavy atom. The summed E-state index contributed by atoms with van der Waals surface area (Å²) in [7, 11) is -3.65. The van der Waals surface area contributed by atoms with E-state index in [1.165, 1.54) is 16.4 Å². The SMILES string of the molecule is CCn1c(C(Cl)=Cc2cccc([N+](=O)[O-])c2)nc2cc(S(=O)(=O)N3CCOCC3)ccc21. The lowest BCUT2D eigenvalue weighted by atomic mass is 10.2. The number of aryl methyl sites for hydroxylation is 1. The van der Waals surface area contributed by atoms with Crippen LogP contribution < -0.4 is 0 Å². The largest absolute Gasteiger partial charge is 0.379 e. The standard InChI is InChI=1S/C21H21ClN4O5S/c1-2-25-20-7-6-17(32(29,30)24-8-10-31-11-9-24)14-19(20)23-21(25)18(22)13-15-4-3-5-16(12-15)26(27)28/h3-7,12-14H,2,8-11H2,1H3. The first-order chi connectivity index (χ1) is 15.3. The van der Waals surface area contributed by atoms with Crippen LogP contribution >= 0.6 is 11.6 Å². The number of nitrogens with zero attached hydrogens (tertiary/aromatic N) is 4. The van der Waals surface area contributed by atoms with E-state index in [0.29, 0.717) is 54.8 Å². The zero-order valence-corrected chi connectivity index (χ0v) is 18.8. The van der Waals surface area contributed by atoms with Gasteiger partial charge in [-0.1, -0.05) is 23.7 Å². The Balaban J connectivity index is 1.74. The quantitative estimate of drug-likeness (QED) is 0.396. The fourth-order valence-corrected chi connectivity index (χ4v) is 5.35. The van der Waals surface area contributed by atoms with Crippen molar-refractivity contribution in [3.05, 3.63) is 64.0 Å². The predicted molar refractivity (Wildman–Crippen MR) is 122 cm³/mol. The minimum atomic E-state index is -3.65. The van der Waals surface area contributed by atoms with Gasteiger partial charge in [0, 0.05) is 31.8 Å². The number of rotatable bonds is 6. The molecule has 2 aromatic carbocycles. The zero-order chi connectivity index (χ0) is 22.9. The molecule has 1 saturated heterocycles. The molecular formula is C21H21ClN4O5S. The van der Waals surface area contributed by atoms with Crippen molar-refractivity contribution in [2.75, 3.05) is 26.3 Å². The van der Waals surface area contributed by atoms with Crippen molar-refractivity contribution in [2.24, 2.45) is 0 Å². The molecule has 0 amide bonds. The number of halogens is 1. The number of benzene rings is 2. The summed E-state index contributed by atoms with van der Waals surface area (Å²) in [4.78, 5) is 15.3. The lowest BCUT2D eigenvalue weighted by molar-refractivity contribution is -0.384. The number of aromatic nitrogens is 2. The van der Waals surface area contributed by atoms with Crippen molar-refractivity contribution in [1.82, 2.24) is 13.9 Å². The van der Waals surface area contributed by atoms with Crippen LogP contribution in [0.5, 0.6) is 0 Å². The molecule has 0 aliphatic carbocycles. The van der Waals surface area contributed by atoms with E-state index in [4.69, 9.17) is 16.3 Å². The lowest BCUT2D eigenvalue weighted by Crippen LogP contribution is -2.40. The number of hydrogen-bond donors (Lipinski definition) is 0. The van der Waals surface area contributed by atoms with E-state index in [-0.39, 0.29) is 10.6 Å². The molecule has 0 N–H and O–H groups in total. The smallest absolute Gasteiger partial charge is 0.270 e. The van der Waals surface area contributed by atoms with Crippen molar-refractivity contribution >= 4 is 49.5 Å². The van der Waals surface area contributed by atoms with Gasteiger partial charge in [0.05, 0.1) is 39.1 Å². The van der Waals surface area contributed by atoms with Crippen LogP contribution in [0.1, 0.15) is 18.3 Å². The Bertz CT molecular complexity index is 1310. The summed E-state index contributed by atoms with van der Waals surface area (Å²) in [5, 5.41) is 11.3. The van der Waals surface area contributed by atoms with Gasteiger partial charge in [-0.2, -0.15) is 4.31 Å². The van der Waals surface area contributed by atoms with Gasteiger partial charge < -0.3 is 9.30 Å². The summed E-state index contributed by atoms with van der Waals surface area (Å²) in [5.74, 6) is 0.455. The van der Waals surface area contributed by atoms with Crippen LogP contribution in [-0.2, 0) is 21.3 Å². The van der Waals surface area contributed by atoms with Gasteiger partial charge in [-0.05, 0) is 36.8 Å². The molecule has 0 bridgehead atoms. The van der Waals surface area contributed by atoms with Gasteiger partial charge >= 0.3 is 0 Å². The van der Waals surface area contributed by atoms with Crippen LogP contribution in [-0.4, -0.2) is 53.5 Å². The van der Waals surface area contributed by atoms with E-state index in [1.807, 2.05) is 11.5 Å². The fraction of sp³-hybridized carbons (Fsp3) is 0.286. The molecule has 0 saturated carbocycles. The summed E-state index contributed by atoms with van der Waals surface area (Å²) < 4.78 is 34.5. The van der Waals surface area contributed by atoms with Gasteiger partial charge in [0.25, 0.3) is 5.69 Å². The van der Waals surface area contributed by atoms with Gasteiger partial charge in [0.1, 0.15) is 0 Å². The summed E-state index contributed by atoms with van der Waals surface area (Å²) in [6, 6.07) is 11.0. The van der Waals surface area contributed by atoms with Crippen LogP contribution in [0.25, 0.3) is 22.1 Å². The predicted octanol–water partition coefficient (Wildman–Crippen LogP) is 3.72. The van der Waals surface area contributed by atoms with E-state index in [1.54, 1.807) is 36.4 Å². The molecule has 3 aromatic rings. The molecule has 1 fully saturated rings. The van der Waals surface area contributed by atoms with E-state index >= 15 is 0 Å². The van der Waals surface area contributed by atoms with E-state index < -0.39 is 14.9 Å². The molecule has 2 heterocycles. The van der Waals surface area contributed by atoms with Crippen molar-refractivity contribution in [2.45, 2.75) is 18.4 Å². The maximum Gasteiger partial charge on any atom is 0.270 e. The monoisotopic (exact) mass is 476 g/mol. The Morgan fingerprint density at radius 3 is 2.69 bits per heavy atom. The summed E-state index contributed by atoms with van der Waals surface area (Å²) in [6.07, 6.45) is 1.60. The third-order valence-electron chi connectivity index (χ3n) is 5.23. The molecule has 32 heavy (non-hydrogen) atoms. The zero-order valence-electron chi connectivity index (χ0n) is 17.3. The second kappa shape index (κ2) is 8.99. The summed E-state index contributed by atoms with van der Waals surface area (Å²) >= 11 is 6.55. The molecule has 0 radical (unpaired) electrons. The molecule has 0 atom stereocenters. The number of imidazole rings is 1. The van der Waals surface area contributed by atoms with Gasteiger partial charge in [-0.3, -0.25) is 10.1 Å². The lowest BCUT2D eigenvalue weighted by Gasteiger charge is -2.26. The molecule has 9 nitrogen and oxygen atoms in total. The molecule has 11 heteroatoms. The van der Waals surface area contributed by atoms with Crippen molar-refractivity contribution in [1.29, 1.82) is 0 Å². The Morgan fingerprint density at radius 2 is 2.00 bits per heavy atom. The van der Waals surface area contributed by atoms with E-state index in [2.05, 4.69) is 4.98 Å². The number of ether oxygens (including phenoxy) is 1. The van der Waals surface area contributed by atoms with Crippen molar-refractivity contribution in [3.8, 4) is 0 Å². The number of nitro groups is 1. The molecule has 1 aliphatic rings. The normalized spacial score (nSPS) is 15.9. The number of sulfonamides is 1. The molecule has 1 aliphatic heterocycles. The highest BCUT2D eigenvalue weighted by Crippen LogP contribution is 2.29. The highest BCUT2D eigenvalue weighted by atomic mass is 35.5. The van der Waals surface area contributed by atoms with E-state index in [9.17, 15) is 18.5 Å². The van der Waals surface area contributed by atoms with Crippen LogP contribution in [0.4, 0.5) is 5.69 Å². The molecule has 168 valence electrons. The molecular weight excluding hydrogens is 456 g/mol. The highest BCUT2D eigenvalue weighted by molar-refractivity contribution is 7.89. The average molecular weight is 477 g/mol. The first kappa shape index (κ1) is 22.4. The van der Waals surface area contributed by atoms with Crippen molar-refractivity contribution < 1.29 is 18.1 Å². The second-order valence-corrected chi connectivity index (χ2v) is 9.54. The first-order valence-corrected chi connectivity index (χ1v) is 11.8. The van der Waals surface area contributed by atoms with Gasteiger partial charge in [-0.15, -0.1) is 0 Å². The van der Waals surface area contributed by atoms with Crippen LogP contribution in [0.15, 0.2) is 47.4 Å². The molecule has 4 rings (SSSR count). The van der Waals surface area contributed by atoms with Crippen LogP contribution in [0.2, 0.25) is 0 Å². The molecule has 0 spiro atoms. The van der Waals surface area contributed by atoms with E-state index in [0.717, 1.165) is 5.52 Å². The third kappa shape index (κ3) is 4.26. The number of non-ortho nitro benzene ring substituents is 1. The van der Waals surface area contributed by atoms with Crippen LogP contribution in [0.3, 0.4) is 0 Å². The third-order valence-corrected chi connectivity index (χ3v) is 7.40. The topological polar surface area (TPSA) is 108 Å². The minimum Gasteiger partial charge on any atom is -0.379 e. The Kier molecular flexibility index (Phi) is 6.29. The van der Waals surface area contributed by atoms with Gasteiger partial charge in [0.15, 0.2) is 5.82 Å². The summed E-state index contributed by atoms with van der Waals surface area (Å²) in [6.45, 7) is 3.85. The summed E-state index contributed by atoms with van der Waals surface area (Å²) in [5.41, 5.74) is 1.77.